The molecular weight excluding hydrogens is 803 g/mol. The van der Waals surface area contributed by atoms with E-state index in [1.54, 1.807) is 29.8 Å². The van der Waals surface area contributed by atoms with E-state index in [9.17, 15) is 33.6 Å². The maximum atomic E-state index is 13.6. The predicted octanol–water partition coefficient (Wildman–Crippen LogP) is 4.24. The lowest BCUT2D eigenvalue weighted by Crippen LogP contribution is -2.54. The van der Waals surface area contributed by atoms with Crippen LogP contribution in [0.2, 0.25) is 0 Å². The molecule has 1 saturated carbocycles. The second-order valence-electron chi connectivity index (χ2n) is 17.3. The molecule has 16 nitrogen and oxygen atoms in total. The van der Waals surface area contributed by atoms with E-state index in [0.29, 0.717) is 54.1 Å². The van der Waals surface area contributed by atoms with Crippen LogP contribution in [0.15, 0.2) is 47.5 Å². The number of anilines is 1. The largest absolute Gasteiger partial charge is 0.368 e. The van der Waals surface area contributed by atoms with Crippen molar-refractivity contribution in [3.05, 3.63) is 92.4 Å². The number of Topliss-reactive ketones (excluding diaryl/α,β-unsaturated/α-hetero) is 1. The Hall–Kier alpha value is -6.16. The first-order valence-electron chi connectivity index (χ1n) is 22.4. The third-order valence-electron chi connectivity index (χ3n) is 13.1. The van der Waals surface area contributed by atoms with Gasteiger partial charge in [-0.15, -0.1) is 0 Å². The number of carbonyl (C=O) groups excluding carboxylic acids is 6. The number of piperazine rings is 1. The number of hydrogen-bond donors (Lipinski definition) is 2. The summed E-state index contributed by atoms with van der Waals surface area (Å²) < 4.78 is 1.74. The minimum Gasteiger partial charge on any atom is -0.368 e. The maximum absolute atomic E-state index is 13.6. The number of aromatic nitrogens is 4. The molecule has 8 rings (SSSR count). The number of benzene rings is 1. The molecule has 2 N–H and O–H groups in total. The minimum absolute atomic E-state index is 0.0172. The van der Waals surface area contributed by atoms with Gasteiger partial charge in [-0.2, -0.15) is 0 Å². The molecule has 1 aliphatic carbocycles. The zero-order valence-electron chi connectivity index (χ0n) is 36.1. The summed E-state index contributed by atoms with van der Waals surface area (Å²) in [5.41, 5.74) is 4.47. The van der Waals surface area contributed by atoms with Crippen molar-refractivity contribution in [1.29, 1.82) is 0 Å². The van der Waals surface area contributed by atoms with Crippen LogP contribution in [0.5, 0.6) is 0 Å². The number of imide groups is 2. The molecule has 2 saturated heterocycles. The number of nitrogens with one attached hydrogen (secondary N) is 2. The zero-order valence-corrected chi connectivity index (χ0v) is 36.1. The number of ketones is 1. The lowest BCUT2D eigenvalue weighted by molar-refractivity contribution is -0.136. The van der Waals surface area contributed by atoms with E-state index < -0.39 is 29.7 Å². The lowest BCUT2D eigenvalue weighted by Gasteiger charge is -2.35. The van der Waals surface area contributed by atoms with E-state index in [1.807, 2.05) is 18.3 Å². The Morgan fingerprint density at radius 3 is 2.35 bits per heavy atom. The first kappa shape index (κ1) is 43.5. The second-order valence-corrected chi connectivity index (χ2v) is 17.3. The van der Waals surface area contributed by atoms with Crippen molar-refractivity contribution in [3.8, 4) is 0 Å². The Balaban J connectivity index is 0.737. The zero-order chi connectivity index (χ0) is 44.2. The molecule has 3 aromatic heterocycles. The van der Waals surface area contributed by atoms with Crippen molar-refractivity contribution in [1.82, 2.24) is 40.0 Å². The normalized spacial score (nSPS) is 18.3. The molecule has 1 aromatic carbocycles. The number of carbonyl (C=O) groups is 6. The standard InChI is InChI=1S/C47H55N9O7/c1-29-36-27-50-38(51-43(36)55(33-13-7-8-14-33)46(62)41(29)30(2)57)25-32-16-17-34(26-49-32)54-23-21-53(22-24-54)28-40(59)48-20-9-5-3-4-6-11-31-12-10-15-35-42(31)47(63)56(45(35)61)37-18-19-39(58)52-44(37)60/h10,12,15-17,26-27,33,37H,3-9,11,13-14,18-25,28H2,1-2H3,(H,48,59)(H,52,58,60). The summed E-state index contributed by atoms with van der Waals surface area (Å²) in [5, 5.41) is 6.03. The fraction of sp³-hybridized carbons (Fsp3) is 0.489. The molecule has 5 amide bonds. The molecule has 1 atom stereocenters. The Kier molecular flexibility index (Phi) is 13.2. The predicted molar refractivity (Wildman–Crippen MR) is 235 cm³/mol. The number of pyridine rings is 2. The van der Waals surface area contributed by atoms with Crippen LogP contribution in [0, 0.1) is 6.92 Å². The van der Waals surface area contributed by atoms with Crippen LogP contribution in [0.1, 0.15) is 137 Å². The number of amides is 5. The lowest BCUT2D eigenvalue weighted by atomic mass is 9.97. The molecule has 6 heterocycles. The van der Waals surface area contributed by atoms with Crippen LogP contribution < -0.4 is 21.1 Å². The summed E-state index contributed by atoms with van der Waals surface area (Å²) in [6.45, 7) is 7.26. The second kappa shape index (κ2) is 19.1. The molecule has 3 fully saturated rings. The molecule has 63 heavy (non-hydrogen) atoms. The van der Waals surface area contributed by atoms with Crippen LogP contribution in [-0.2, 0) is 27.2 Å². The number of fused-ring (bicyclic) bond motifs is 2. The summed E-state index contributed by atoms with van der Waals surface area (Å²) >= 11 is 0. The quantitative estimate of drug-likeness (QED) is 0.0926. The van der Waals surface area contributed by atoms with Crippen molar-refractivity contribution in [2.24, 2.45) is 0 Å². The smallest absolute Gasteiger partial charge is 0.263 e. The molecule has 330 valence electrons. The Bertz CT molecular complexity index is 2510. The highest BCUT2D eigenvalue weighted by Gasteiger charge is 2.45. The van der Waals surface area contributed by atoms with Crippen LogP contribution in [0.4, 0.5) is 5.69 Å². The summed E-state index contributed by atoms with van der Waals surface area (Å²) in [6.07, 6.45) is 13.3. The van der Waals surface area contributed by atoms with Gasteiger partial charge < -0.3 is 10.2 Å². The molecule has 3 aliphatic heterocycles. The maximum Gasteiger partial charge on any atom is 0.263 e. The Morgan fingerprint density at radius 2 is 1.62 bits per heavy atom. The molecule has 4 aliphatic rings. The molecule has 0 bridgehead atoms. The summed E-state index contributed by atoms with van der Waals surface area (Å²) in [5.74, 6) is -1.62. The van der Waals surface area contributed by atoms with Gasteiger partial charge in [-0.3, -0.25) is 58.2 Å². The first-order chi connectivity index (χ1) is 30.5. The highest BCUT2D eigenvalue weighted by molar-refractivity contribution is 6.24. The van der Waals surface area contributed by atoms with Crippen molar-refractivity contribution < 1.29 is 28.8 Å². The highest BCUT2D eigenvalue weighted by atomic mass is 16.2. The van der Waals surface area contributed by atoms with Crippen molar-refractivity contribution in [2.45, 2.75) is 109 Å². The van der Waals surface area contributed by atoms with E-state index in [-0.39, 0.29) is 41.7 Å². The van der Waals surface area contributed by atoms with Gasteiger partial charge in [-0.1, -0.05) is 44.2 Å². The molecule has 16 heteroatoms. The Labute approximate surface area is 365 Å². The molecule has 0 spiro atoms. The fourth-order valence-corrected chi connectivity index (χ4v) is 9.65. The molecular formula is C47H55N9O7. The van der Waals surface area contributed by atoms with E-state index in [4.69, 9.17) is 9.97 Å². The monoisotopic (exact) mass is 857 g/mol. The van der Waals surface area contributed by atoms with Gasteiger partial charge in [0.25, 0.3) is 17.4 Å². The van der Waals surface area contributed by atoms with Gasteiger partial charge in [0.2, 0.25) is 17.7 Å². The molecule has 1 unspecified atom stereocenters. The van der Waals surface area contributed by atoms with Crippen LogP contribution in [0.3, 0.4) is 0 Å². The van der Waals surface area contributed by atoms with E-state index in [0.717, 1.165) is 111 Å². The number of nitrogens with zero attached hydrogens (tertiary/aromatic N) is 7. The number of aryl methyl sites for hydroxylation is 2. The van der Waals surface area contributed by atoms with Crippen LogP contribution in [0.25, 0.3) is 11.0 Å². The van der Waals surface area contributed by atoms with E-state index in [1.165, 1.54) is 6.92 Å². The van der Waals surface area contributed by atoms with Gasteiger partial charge in [0, 0.05) is 62.5 Å². The van der Waals surface area contributed by atoms with Gasteiger partial charge in [-0.05, 0) is 81.7 Å². The molecule has 0 radical (unpaired) electrons. The topological polar surface area (TPSA) is 197 Å². The fourth-order valence-electron chi connectivity index (χ4n) is 9.65. The van der Waals surface area contributed by atoms with E-state index >= 15 is 0 Å². The first-order valence-corrected chi connectivity index (χ1v) is 22.4. The van der Waals surface area contributed by atoms with E-state index in [2.05, 4.69) is 31.5 Å². The van der Waals surface area contributed by atoms with Crippen molar-refractivity contribution in [2.75, 3.05) is 44.2 Å². The average Bonchev–Trinajstić information content (AvgIpc) is 3.88. The average molecular weight is 858 g/mol. The third-order valence-corrected chi connectivity index (χ3v) is 13.1. The number of hydrogen-bond acceptors (Lipinski definition) is 12. The summed E-state index contributed by atoms with van der Waals surface area (Å²) in [4.78, 5) is 109. The summed E-state index contributed by atoms with van der Waals surface area (Å²) in [6, 6.07) is 8.33. The van der Waals surface area contributed by atoms with Crippen LogP contribution >= 0.6 is 0 Å². The molecule has 4 aromatic rings. The third kappa shape index (κ3) is 9.31. The highest BCUT2D eigenvalue weighted by Crippen LogP contribution is 2.33. The summed E-state index contributed by atoms with van der Waals surface area (Å²) in [7, 11) is 0. The number of unbranched alkanes of at least 4 members (excludes halogenated alkanes) is 4. The number of rotatable bonds is 16. The minimum atomic E-state index is -0.976. The van der Waals surface area contributed by atoms with Gasteiger partial charge in [-0.25, -0.2) is 9.97 Å². The SMILES string of the molecule is CC(=O)c1c(C)c2cnc(Cc3ccc(N4CCN(CC(=O)NCCCCCCCc5cccc6c5C(=O)N(C5CCC(=O)NC5=O)C6=O)CC4)cn3)nc2n(C2CCCC2)c1=O. The van der Waals surface area contributed by atoms with Gasteiger partial charge in [0.1, 0.15) is 17.5 Å². The Morgan fingerprint density at radius 1 is 0.857 bits per heavy atom. The van der Waals surface area contributed by atoms with Gasteiger partial charge >= 0.3 is 0 Å². The van der Waals surface area contributed by atoms with Gasteiger partial charge in [0.05, 0.1) is 41.5 Å². The number of piperidine rings is 1. The van der Waals surface area contributed by atoms with Crippen molar-refractivity contribution >= 4 is 52.0 Å². The van der Waals surface area contributed by atoms with Crippen LogP contribution in [-0.4, -0.2) is 110 Å². The van der Waals surface area contributed by atoms with Crippen molar-refractivity contribution in [3.63, 3.8) is 0 Å². The van der Waals surface area contributed by atoms with Gasteiger partial charge in [0.15, 0.2) is 5.78 Å².